The molecule has 0 atom stereocenters. The highest BCUT2D eigenvalue weighted by Crippen LogP contribution is 2.29. The van der Waals surface area contributed by atoms with Crippen LogP contribution in [0.2, 0.25) is 5.02 Å². The smallest absolute Gasteiger partial charge is 0.259 e. The lowest BCUT2D eigenvalue weighted by Crippen LogP contribution is -2.14. The number of hydrogen-bond donors (Lipinski definition) is 2. The van der Waals surface area contributed by atoms with E-state index in [-0.39, 0.29) is 22.0 Å². The fraction of sp³-hybridized carbons (Fsp3) is 0.0714. The summed E-state index contributed by atoms with van der Waals surface area (Å²) in [5.41, 5.74) is 0.141. The van der Waals surface area contributed by atoms with Gasteiger partial charge in [0.25, 0.3) is 5.91 Å². The van der Waals surface area contributed by atoms with Crippen molar-refractivity contribution in [2.75, 3.05) is 12.4 Å². The number of ether oxygens (including phenoxy) is 1. The predicted molar refractivity (Wildman–Crippen MR) is 74.0 cm³/mol. The number of hydrogen-bond acceptors (Lipinski definition) is 3. The first-order valence-electron chi connectivity index (χ1n) is 5.65. The van der Waals surface area contributed by atoms with Crippen molar-refractivity contribution in [2.45, 2.75) is 0 Å². The summed E-state index contributed by atoms with van der Waals surface area (Å²) in [6, 6.07) is 8.52. The number of anilines is 1. The lowest BCUT2D eigenvalue weighted by Gasteiger charge is -2.10. The fourth-order valence-corrected chi connectivity index (χ4v) is 1.82. The van der Waals surface area contributed by atoms with E-state index in [9.17, 15) is 14.3 Å². The monoisotopic (exact) mass is 295 g/mol. The summed E-state index contributed by atoms with van der Waals surface area (Å²) in [6.45, 7) is 0. The maximum absolute atomic E-state index is 13.6. The zero-order valence-electron chi connectivity index (χ0n) is 10.5. The van der Waals surface area contributed by atoms with Crippen LogP contribution in [0.3, 0.4) is 0 Å². The SMILES string of the molecule is COc1ccccc1C(=O)Nc1cc(Cl)c(O)cc1F. The Morgan fingerprint density at radius 2 is 2.05 bits per heavy atom. The van der Waals surface area contributed by atoms with Crippen LogP contribution >= 0.6 is 11.6 Å². The second kappa shape index (κ2) is 5.79. The third-order valence-electron chi connectivity index (χ3n) is 2.64. The molecule has 0 radical (unpaired) electrons. The molecule has 2 N–H and O–H groups in total. The normalized spacial score (nSPS) is 10.2. The Labute approximate surface area is 119 Å². The van der Waals surface area contributed by atoms with Gasteiger partial charge in [-0.3, -0.25) is 4.79 Å². The average molecular weight is 296 g/mol. The van der Waals surface area contributed by atoms with Crippen molar-refractivity contribution in [2.24, 2.45) is 0 Å². The first-order chi connectivity index (χ1) is 9.52. The van der Waals surface area contributed by atoms with Crippen LogP contribution in [0.5, 0.6) is 11.5 Å². The molecule has 104 valence electrons. The molecule has 0 saturated heterocycles. The summed E-state index contributed by atoms with van der Waals surface area (Å²) in [6.07, 6.45) is 0. The van der Waals surface area contributed by atoms with E-state index >= 15 is 0 Å². The number of methoxy groups -OCH3 is 1. The molecule has 1 amide bonds. The molecule has 0 aromatic heterocycles. The van der Waals surface area contributed by atoms with Gasteiger partial charge in [0.2, 0.25) is 0 Å². The zero-order valence-corrected chi connectivity index (χ0v) is 11.2. The van der Waals surface area contributed by atoms with Crippen molar-refractivity contribution in [1.29, 1.82) is 0 Å². The Balaban J connectivity index is 2.30. The third-order valence-corrected chi connectivity index (χ3v) is 2.94. The molecular formula is C14H11ClFNO3. The van der Waals surface area contributed by atoms with Crippen molar-refractivity contribution < 1.29 is 19.0 Å². The van der Waals surface area contributed by atoms with Crippen molar-refractivity contribution in [3.8, 4) is 11.5 Å². The molecule has 0 saturated carbocycles. The van der Waals surface area contributed by atoms with Gasteiger partial charge in [0.15, 0.2) is 5.82 Å². The summed E-state index contributed by atoms with van der Waals surface area (Å²) >= 11 is 5.68. The summed E-state index contributed by atoms with van der Waals surface area (Å²) in [5.74, 6) is -1.34. The number of amides is 1. The topological polar surface area (TPSA) is 58.6 Å². The standard InChI is InChI=1S/C14H11ClFNO3/c1-20-13-5-3-2-4-8(13)14(19)17-11-6-9(15)12(18)7-10(11)16/h2-7,18H,1H3,(H,17,19). The lowest BCUT2D eigenvalue weighted by molar-refractivity contribution is 0.102. The number of aromatic hydroxyl groups is 1. The molecule has 20 heavy (non-hydrogen) atoms. The quantitative estimate of drug-likeness (QED) is 0.853. The third kappa shape index (κ3) is 2.83. The molecule has 4 nitrogen and oxygen atoms in total. The van der Waals surface area contributed by atoms with Crippen molar-refractivity contribution in [3.63, 3.8) is 0 Å². The number of halogens is 2. The van der Waals surface area contributed by atoms with E-state index in [1.165, 1.54) is 7.11 Å². The van der Waals surface area contributed by atoms with Gasteiger partial charge in [-0.05, 0) is 18.2 Å². The van der Waals surface area contributed by atoms with E-state index in [2.05, 4.69) is 5.32 Å². The van der Waals surface area contributed by atoms with Gasteiger partial charge in [-0.25, -0.2) is 4.39 Å². The second-order valence-corrected chi connectivity index (χ2v) is 4.35. The Bertz CT molecular complexity index is 661. The molecule has 0 heterocycles. The van der Waals surface area contributed by atoms with E-state index < -0.39 is 11.7 Å². The molecule has 0 aliphatic heterocycles. The van der Waals surface area contributed by atoms with Crippen molar-refractivity contribution in [3.05, 3.63) is 52.8 Å². The van der Waals surface area contributed by atoms with Gasteiger partial charge >= 0.3 is 0 Å². The minimum Gasteiger partial charge on any atom is -0.506 e. The van der Waals surface area contributed by atoms with E-state index in [1.54, 1.807) is 24.3 Å². The van der Waals surface area contributed by atoms with Crippen LogP contribution in [0, 0.1) is 5.82 Å². The number of nitrogens with one attached hydrogen (secondary N) is 1. The Hall–Kier alpha value is -2.27. The highest BCUT2D eigenvalue weighted by atomic mass is 35.5. The van der Waals surface area contributed by atoms with E-state index in [1.807, 2.05) is 0 Å². The van der Waals surface area contributed by atoms with Crippen LogP contribution in [0.4, 0.5) is 10.1 Å². The minimum atomic E-state index is -0.782. The zero-order chi connectivity index (χ0) is 14.7. The molecule has 0 aliphatic rings. The van der Waals surface area contributed by atoms with E-state index in [4.69, 9.17) is 16.3 Å². The molecule has 2 aromatic carbocycles. The van der Waals surface area contributed by atoms with Crippen LogP contribution in [-0.2, 0) is 0 Å². The summed E-state index contributed by atoms with van der Waals surface area (Å²) < 4.78 is 18.7. The van der Waals surface area contributed by atoms with Crippen LogP contribution < -0.4 is 10.1 Å². The fourth-order valence-electron chi connectivity index (χ4n) is 1.65. The molecule has 2 rings (SSSR count). The van der Waals surface area contributed by atoms with Gasteiger partial charge in [-0.1, -0.05) is 23.7 Å². The maximum atomic E-state index is 13.6. The first kappa shape index (κ1) is 14.1. The molecule has 0 fully saturated rings. The maximum Gasteiger partial charge on any atom is 0.259 e. The number of carbonyl (C=O) groups excluding carboxylic acids is 1. The Morgan fingerprint density at radius 1 is 1.35 bits per heavy atom. The van der Waals surface area contributed by atoms with E-state index in [0.29, 0.717) is 5.75 Å². The molecule has 0 unspecified atom stereocenters. The van der Waals surface area contributed by atoms with Gasteiger partial charge in [-0.2, -0.15) is 0 Å². The Morgan fingerprint density at radius 3 is 2.75 bits per heavy atom. The number of para-hydroxylation sites is 1. The van der Waals surface area contributed by atoms with Crippen LogP contribution in [0.1, 0.15) is 10.4 Å². The number of carbonyl (C=O) groups is 1. The Kier molecular flexibility index (Phi) is 4.10. The lowest BCUT2D eigenvalue weighted by atomic mass is 10.2. The molecule has 0 bridgehead atoms. The number of phenols is 1. The predicted octanol–water partition coefficient (Wildman–Crippen LogP) is 3.45. The largest absolute Gasteiger partial charge is 0.506 e. The molecule has 2 aromatic rings. The van der Waals surface area contributed by atoms with Gasteiger partial charge in [0.1, 0.15) is 11.5 Å². The van der Waals surface area contributed by atoms with Crippen LogP contribution in [0.15, 0.2) is 36.4 Å². The van der Waals surface area contributed by atoms with Gasteiger partial charge in [-0.15, -0.1) is 0 Å². The summed E-state index contributed by atoms with van der Waals surface area (Å²) in [4.78, 5) is 12.1. The molecule has 0 spiro atoms. The second-order valence-electron chi connectivity index (χ2n) is 3.94. The molecular weight excluding hydrogens is 285 g/mol. The summed E-state index contributed by atoms with van der Waals surface area (Å²) in [7, 11) is 1.43. The van der Waals surface area contributed by atoms with Crippen molar-refractivity contribution in [1.82, 2.24) is 0 Å². The first-order valence-corrected chi connectivity index (χ1v) is 6.03. The average Bonchev–Trinajstić information content (AvgIpc) is 2.44. The van der Waals surface area contributed by atoms with Gasteiger partial charge in [0, 0.05) is 6.07 Å². The van der Waals surface area contributed by atoms with Gasteiger partial charge < -0.3 is 15.2 Å². The molecule has 6 heteroatoms. The van der Waals surface area contributed by atoms with Crippen molar-refractivity contribution >= 4 is 23.2 Å². The minimum absolute atomic E-state index is 0.0540. The number of phenolic OH excluding ortho intramolecular Hbond substituents is 1. The van der Waals surface area contributed by atoms with Gasteiger partial charge in [0.05, 0.1) is 23.4 Å². The summed E-state index contributed by atoms with van der Waals surface area (Å²) in [5, 5.41) is 11.6. The van der Waals surface area contributed by atoms with Crippen LogP contribution in [-0.4, -0.2) is 18.1 Å². The number of rotatable bonds is 3. The highest BCUT2D eigenvalue weighted by Gasteiger charge is 2.15. The number of benzene rings is 2. The molecule has 0 aliphatic carbocycles. The van der Waals surface area contributed by atoms with Crippen LogP contribution in [0.25, 0.3) is 0 Å². The van der Waals surface area contributed by atoms with E-state index in [0.717, 1.165) is 12.1 Å². The highest BCUT2D eigenvalue weighted by molar-refractivity contribution is 6.32.